The molecule has 4 nitrogen and oxygen atoms in total. The Balaban J connectivity index is 2.17. The summed E-state index contributed by atoms with van der Waals surface area (Å²) in [6.45, 7) is 1.56. The van der Waals surface area contributed by atoms with Gasteiger partial charge in [-0.25, -0.2) is 4.79 Å². The maximum Gasteiger partial charge on any atom is 0.332 e. The van der Waals surface area contributed by atoms with Gasteiger partial charge in [0.25, 0.3) is 0 Å². The quantitative estimate of drug-likeness (QED) is 0.572. The zero-order valence-electron chi connectivity index (χ0n) is 10.8. The van der Waals surface area contributed by atoms with Gasteiger partial charge in [0.2, 0.25) is 0 Å². The van der Waals surface area contributed by atoms with Crippen LogP contribution in [0, 0.1) is 4.64 Å². The first-order valence-corrected chi connectivity index (χ1v) is 7.51. The number of rotatable bonds is 7. The number of pyridine rings is 1. The van der Waals surface area contributed by atoms with Gasteiger partial charge in [-0.3, -0.25) is 4.79 Å². The van der Waals surface area contributed by atoms with Crippen molar-refractivity contribution in [3.8, 4) is 0 Å². The van der Waals surface area contributed by atoms with E-state index >= 15 is 0 Å². The van der Waals surface area contributed by atoms with E-state index in [4.69, 9.17) is 17.1 Å². The molecule has 19 heavy (non-hydrogen) atoms. The summed E-state index contributed by atoms with van der Waals surface area (Å²) >= 11 is 6.34. The molecule has 1 rings (SSSR count). The van der Waals surface area contributed by atoms with Crippen LogP contribution in [-0.4, -0.2) is 21.6 Å². The van der Waals surface area contributed by atoms with E-state index in [-0.39, 0.29) is 11.1 Å². The van der Waals surface area contributed by atoms with E-state index in [2.05, 4.69) is 0 Å². The van der Waals surface area contributed by atoms with Crippen molar-refractivity contribution in [1.82, 2.24) is 4.73 Å². The third kappa shape index (κ3) is 7.12. The van der Waals surface area contributed by atoms with Crippen LogP contribution in [0.4, 0.5) is 0 Å². The highest BCUT2D eigenvalue weighted by Gasteiger charge is 2.04. The second-order valence-electron chi connectivity index (χ2n) is 3.98. The van der Waals surface area contributed by atoms with Crippen molar-refractivity contribution in [1.29, 1.82) is 0 Å². The predicted octanol–water partition coefficient (Wildman–Crippen LogP) is 3.01. The monoisotopic (exact) mass is 299 g/mol. The predicted molar refractivity (Wildman–Crippen MR) is 78.5 cm³/mol. The van der Waals surface area contributed by atoms with Crippen LogP contribution in [-0.2, 0) is 9.59 Å². The molecule has 0 unspecified atom stereocenters. The highest BCUT2D eigenvalue weighted by atomic mass is 32.2. The van der Waals surface area contributed by atoms with Gasteiger partial charge in [-0.1, -0.05) is 36.5 Å². The van der Waals surface area contributed by atoms with E-state index in [9.17, 15) is 9.59 Å². The van der Waals surface area contributed by atoms with E-state index < -0.39 is 0 Å². The Morgan fingerprint density at radius 3 is 2.79 bits per heavy atom. The lowest BCUT2D eigenvalue weighted by Gasteiger charge is -2.06. The summed E-state index contributed by atoms with van der Waals surface area (Å²) in [5.74, 6) is 0.523. The van der Waals surface area contributed by atoms with Crippen LogP contribution in [0.25, 0.3) is 0 Å². The molecule has 0 atom stereocenters. The Morgan fingerprint density at radius 1 is 1.32 bits per heavy atom. The third-order valence-electron chi connectivity index (χ3n) is 2.32. The lowest BCUT2D eigenvalue weighted by atomic mass is 10.2. The molecule has 0 aliphatic carbocycles. The average Bonchev–Trinajstić information content (AvgIpc) is 2.36. The summed E-state index contributed by atoms with van der Waals surface area (Å²) in [5.41, 5.74) is 0. The van der Waals surface area contributed by atoms with Gasteiger partial charge in [-0.15, -0.1) is 0 Å². The number of hydrogen-bond acceptors (Lipinski definition) is 5. The number of carbonyl (C=O) groups is 2. The van der Waals surface area contributed by atoms with Crippen LogP contribution in [0.3, 0.4) is 0 Å². The molecule has 0 radical (unpaired) electrons. The maximum absolute atomic E-state index is 11.6. The molecule has 0 bridgehead atoms. The highest BCUT2D eigenvalue weighted by molar-refractivity contribution is 8.13. The molecule has 1 aromatic heterocycles. The fourth-order valence-electron chi connectivity index (χ4n) is 1.41. The van der Waals surface area contributed by atoms with E-state index in [1.54, 1.807) is 31.3 Å². The first-order chi connectivity index (χ1) is 9.09. The minimum atomic E-state index is -0.290. The van der Waals surface area contributed by atoms with E-state index in [1.807, 2.05) is 0 Å². The van der Waals surface area contributed by atoms with Crippen molar-refractivity contribution in [2.75, 3.05) is 5.75 Å². The summed E-state index contributed by atoms with van der Waals surface area (Å²) in [7, 11) is 0. The summed E-state index contributed by atoms with van der Waals surface area (Å²) in [6.07, 6.45) is 4.58. The van der Waals surface area contributed by atoms with Gasteiger partial charge in [0, 0.05) is 25.3 Å². The number of hydrogen-bond donors (Lipinski definition) is 0. The van der Waals surface area contributed by atoms with Gasteiger partial charge >= 0.3 is 5.97 Å². The van der Waals surface area contributed by atoms with Crippen LogP contribution >= 0.6 is 24.0 Å². The van der Waals surface area contributed by atoms with Crippen molar-refractivity contribution >= 4 is 35.1 Å². The van der Waals surface area contributed by atoms with Gasteiger partial charge < -0.3 is 4.84 Å². The lowest BCUT2D eigenvalue weighted by molar-refractivity contribution is -0.144. The molecule has 0 spiro atoms. The van der Waals surface area contributed by atoms with Gasteiger partial charge in [-0.05, 0) is 25.0 Å². The molecular formula is C13H17NO3S2. The van der Waals surface area contributed by atoms with Gasteiger partial charge in [0.15, 0.2) is 5.12 Å². The standard InChI is InChI=1S/C13H17NO3S2/c1-11(15)19-10-6-2-3-8-13(16)17-14-9-5-4-7-12(14)18/h4-5,7,9H,2-3,6,8,10H2,1H3. The van der Waals surface area contributed by atoms with Crippen LogP contribution in [0.2, 0.25) is 0 Å². The molecule has 6 heteroatoms. The fraction of sp³-hybridized carbons (Fsp3) is 0.462. The summed E-state index contributed by atoms with van der Waals surface area (Å²) in [4.78, 5) is 27.4. The van der Waals surface area contributed by atoms with Crippen molar-refractivity contribution in [2.24, 2.45) is 0 Å². The maximum atomic E-state index is 11.6. The molecule has 0 amide bonds. The Morgan fingerprint density at radius 2 is 2.11 bits per heavy atom. The Labute approximate surface area is 122 Å². The molecule has 0 N–H and O–H groups in total. The molecule has 0 saturated carbocycles. The first kappa shape index (κ1) is 15.9. The fourth-order valence-corrected chi connectivity index (χ4v) is 2.22. The van der Waals surface area contributed by atoms with Crippen molar-refractivity contribution in [3.05, 3.63) is 29.0 Å². The van der Waals surface area contributed by atoms with Gasteiger partial charge in [0.1, 0.15) is 4.64 Å². The summed E-state index contributed by atoms with van der Waals surface area (Å²) in [6, 6.07) is 5.24. The summed E-state index contributed by atoms with van der Waals surface area (Å²) in [5, 5.41) is 0.137. The largest absolute Gasteiger partial charge is 0.336 e. The number of unbranched alkanes of at least 4 members (excludes halogenated alkanes) is 2. The SMILES string of the molecule is CC(=O)SCCCCCC(=O)On1ccccc1=S. The molecule has 0 aliphatic rings. The smallest absolute Gasteiger partial charge is 0.332 e. The minimum absolute atomic E-state index is 0.137. The van der Waals surface area contributed by atoms with Crippen LogP contribution < -0.4 is 4.84 Å². The van der Waals surface area contributed by atoms with Gasteiger partial charge in [-0.2, -0.15) is 4.73 Å². The minimum Gasteiger partial charge on any atom is -0.336 e. The zero-order valence-corrected chi connectivity index (χ0v) is 12.5. The topological polar surface area (TPSA) is 48.3 Å². The lowest BCUT2D eigenvalue weighted by Crippen LogP contribution is -2.19. The third-order valence-corrected chi connectivity index (χ3v) is 3.53. The average molecular weight is 299 g/mol. The molecular weight excluding hydrogens is 282 g/mol. The molecule has 1 aromatic rings. The van der Waals surface area contributed by atoms with E-state index in [0.29, 0.717) is 11.1 Å². The molecule has 0 aromatic carbocycles. The van der Waals surface area contributed by atoms with E-state index in [1.165, 1.54) is 16.5 Å². The van der Waals surface area contributed by atoms with Crippen molar-refractivity contribution in [2.45, 2.75) is 32.6 Å². The number of carbonyl (C=O) groups excluding carboxylic acids is 2. The molecule has 0 saturated heterocycles. The Bertz CT molecular complexity index is 485. The highest BCUT2D eigenvalue weighted by Crippen LogP contribution is 2.08. The van der Waals surface area contributed by atoms with Crippen LogP contribution in [0.1, 0.15) is 32.6 Å². The second kappa shape index (κ2) is 8.87. The second-order valence-corrected chi connectivity index (χ2v) is 5.67. The van der Waals surface area contributed by atoms with Gasteiger partial charge in [0.05, 0.1) is 0 Å². The number of aromatic nitrogens is 1. The molecule has 1 heterocycles. The van der Waals surface area contributed by atoms with Crippen LogP contribution in [0.15, 0.2) is 24.4 Å². The Hall–Kier alpha value is -1.14. The zero-order chi connectivity index (χ0) is 14.1. The van der Waals surface area contributed by atoms with E-state index in [0.717, 1.165) is 25.0 Å². The summed E-state index contributed by atoms with van der Waals surface area (Å²) < 4.78 is 1.76. The number of nitrogens with zero attached hydrogens (tertiary/aromatic N) is 1. The molecule has 104 valence electrons. The normalized spacial score (nSPS) is 10.2. The molecule has 0 aliphatic heterocycles. The van der Waals surface area contributed by atoms with Crippen molar-refractivity contribution in [3.63, 3.8) is 0 Å². The molecule has 0 fully saturated rings. The van der Waals surface area contributed by atoms with Crippen molar-refractivity contribution < 1.29 is 14.4 Å². The Kier molecular flexibility index (Phi) is 7.43. The van der Waals surface area contributed by atoms with Crippen LogP contribution in [0.5, 0.6) is 0 Å². The number of thioether (sulfide) groups is 1. The first-order valence-electron chi connectivity index (χ1n) is 6.12.